The van der Waals surface area contributed by atoms with E-state index in [1.165, 1.54) is 0 Å². The molecule has 4 rings (SSSR count). The summed E-state index contributed by atoms with van der Waals surface area (Å²) in [6, 6.07) is 28.4. The zero-order chi connectivity index (χ0) is 24.0. The van der Waals surface area contributed by atoms with Crippen LogP contribution < -0.4 is 5.32 Å². The summed E-state index contributed by atoms with van der Waals surface area (Å²) in [6.07, 6.45) is 1.99. The van der Waals surface area contributed by atoms with Crippen LogP contribution in [0.2, 0.25) is 0 Å². The molecular weight excluding hydrogens is 426 g/mol. The quantitative estimate of drug-likeness (QED) is 0.481. The third-order valence-corrected chi connectivity index (χ3v) is 6.80. The number of carboxylic acids is 1. The monoisotopic (exact) mass is 455 g/mol. The Hall–Kier alpha value is -3.73. The first kappa shape index (κ1) is 23.4. The molecule has 0 heterocycles. The van der Waals surface area contributed by atoms with E-state index in [1.54, 1.807) is 0 Å². The lowest BCUT2D eigenvalue weighted by molar-refractivity contribution is -0.144. The van der Waals surface area contributed by atoms with Gasteiger partial charge in [0.25, 0.3) is 0 Å². The second kappa shape index (κ2) is 10.5. The van der Waals surface area contributed by atoms with Crippen molar-refractivity contribution in [2.45, 2.75) is 43.6 Å². The van der Waals surface area contributed by atoms with Crippen molar-refractivity contribution in [1.29, 1.82) is 0 Å². The van der Waals surface area contributed by atoms with Crippen LogP contribution in [0.25, 0.3) is 0 Å². The molecule has 0 radical (unpaired) electrons. The van der Waals surface area contributed by atoms with Crippen molar-refractivity contribution < 1.29 is 19.5 Å². The molecule has 2 N–H and O–H groups in total. The van der Waals surface area contributed by atoms with Crippen molar-refractivity contribution in [3.05, 3.63) is 108 Å². The molecule has 0 aromatic heterocycles. The number of Topliss-reactive ketones (excluding diaryl/α,β-unsaturated/α-hetero) is 1. The Morgan fingerprint density at radius 3 is 1.74 bits per heavy atom. The number of nitrogens with one attached hydrogen (secondary N) is 1. The van der Waals surface area contributed by atoms with Crippen molar-refractivity contribution in [2.24, 2.45) is 5.92 Å². The summed E-state index contributed by atoms with van der Waals surface area (Å²) in [7, 11) is 0. The largest absolute Gasteiger partial charge is 0.480 e. The van der Waals surface area contributed by atoms with E-state index in [0.717, 1.165) is 16.7 Å². The van der Waals surface area contributed by atoms with Crippen molar-refractivity contribution in [3.63, 3.8) is 0 Å². The maximum Gasteiger partial charge on any atom is 0.326 e. The molecule has 0 saturated heterocycles. The number of benzene rings is 3. The molecule has 0 aliphatic heterocycles. The number of carbonyl (C=O) groups excluding carboxylic acids is 2. The topological polar surface area (TPSA) is 83.5 Å². The van der Waals surface area contributed by atoms with Gasteiger partial charge in [-0.2, -0.15) is 0 Å². The lowest BCUT2D eigenvalue weighted by Gasteiger charge is -2.36. The number of rotatable bonds is 8. The van der Waals surface area contributed by atoms with Crippen LogP contribution in [0, 0.1) is 5.92 Å². The molecule has 3 aromatic carbocycles. The third-order valence-electron chi connectivity index (χ3n) is 6.80. The van der Waals surface area contributed by atoms with E-state index in [2.05, 4.69) is 5.32 Å². The van der Waals surface area contributed by atoms with Gasteiger partial charge < -0.3 is 10.4 Å². The fraction of sp³-hybridized carbons (Fsp3) is 0.276. The fourth-order valence-corrected chi connectivity index (χ4v) is 5.16. The number of carboxylic acid groups (broad SMARTS) is 1. The molecule has 1 saturated carbocycles. The molecule has 1 aliphatic rings. The van der Waals surface area contributed by atoms with Gasteiger partial charge in [0.1, 0.15) is 11.8 Å². The Kier molecular flexibility index (Phi) is 7.21. The Morgan fingerprint density at radius 1 is 0.853 bits per heavy atom. The number of carbonyl (C=O) groups is 3. The van der Waals surface area contributed by atoms with Gasteiger partial charge in [0.2, 0.25) is 5.91 Å². The van der Waals surface area contributed by atoms with Crippen molar-refractivity contribution in [1.82, 2.24) is 5.32 Å². The predicted molar refractivity (Wildman–Crippen MR) is 130 cm³/mol. The van der Waals surface area contributed by atoms with E-state index in [1.807, 2.05) is 91.0 Å². The number of hydrogen-bond acceptors (Lipinski definition) is 3. The summed E-state index contributed by atoms with van der Waals surface area (Å²) in [4.78, 5) is 37.6. The molecule has 2 atom stereocenters. The number of hydrogen-bond donors (Lipinski definition) is 2. The standard InChI is InChI=1S/C29H29NO4/c31-25-18-10-11-21(19-25)27(28(33)34)30-26(32)20-29(22-12-4-1-5-13-22,23-14-6-2-7-15-23)24-16-8-3-9-17-24/h1-9,12-17,21,27H,10-11,18-20H2,(H,30,32)(H,33,34)/t21-,27+/m0/s1. The first-order valence-electron chi connectivity index (χ1n) is 11.7. The van der Waals surface area contributed by atoms with Crippen molar-refractivity contribution in [2.75, 3.05) is 0 Å². The van der Waals surface area contributed by atoms with Gasteiger partial charge in [-0.1, -0.05) is 91.0 Å². The number of aliphatic carboxylic acids is 1. The highest BCUT2D eigenvalue weighted by molar-refractivity contribution is 5.87. The van der Waals surface area contributed by atoms with Crippen LogP contribution in [0.1, 0.15) is 48.8 Å². The Labute approximate surface area is 199 Å². The van der Waals surface area contributed by atoms with Gasteiger partial charge in [-0.15, -0.1) is 0 Å². The Bertz CT molecular complexity index is 1030. The van der Waals surface area contributed by atoms with E-state index < -0.39 is 17.4 Å². The molecule has 5 heteroatoms. The smallest absolute Gasteiger partial charge is 0.326 e. The highest BCUT2D eigenvalue weighted by Crippen LogP contribution is 2.42. The molecule has 1 amide bonds. The van der Waals surface area contributed by atoms with Crippen LogP contribution in [0.15, 0.2) is 91.0 Å². The lowest BCUT2D eigenvalue weighted by Crippen LogP contribution is -2.49. The number of ketones is 1. The minimum Gasteiger partial charge on any atom is -0.480 e. The molecular formula is C29H29NO4. The predicted octanol–water partition coefficient (Wildman–Crippen LogP) is 4.74. The van der Waals surface area contributed by atoms with Gasteiger partial charge in [-0.05, 0) is 35.4 Å². The second-order valence-corrected chi connectivity index (χ2v) is 8.96. The minimum atomic E-state index is -1.10. The molecule has 1 fully saturated rings. The first-order valence-corrected chi connectivity index (χ1v) is 11.7. The molecule has 0 unspecified atom stereocenters. The molecule has 0 spiro atoms. The summed E-state index contributed by atoms with van der Waals surface area (Å²) in [5.74, 6) is -1.79. The van der Waals surface area contributed by atoms with Gasteiger partial charge in [-0.25, -0.2) is 4.79 Å². The first-order chi connectivity index (χ1) is 16.5. The maximum absolute atomic E-state index is 13.6. The van der Waals surface area contributed by atoms with Gasteiger partial charge in [0, 0.05) is 19.3 Å². The van der Waals surface area contributed by atoms with Gasteiger partial charge in [-0.3, -0.25) is 9.59 Å². The van der Waals surface area contributed by atoms with Crippen LogP contribution in [-0.2, 0) is 19.8 Å². The molecule has 34 heavy (non-hydrogen) atoms. The normalized spacial score (nSPS) is 17.1. The summed E-state index contributed by atoms with van der Waals surface area (Å²) in [5.41, 5.74) is 2.03. The van der Waals surface area contributed by atoms with Crippen LogP contribution in [0.5, 0.6) is 0 Å². The third kappa shape index (κ3) is 4.93. The van der Waals surface area contributed by atoms with E-state index in [4.69, 9.17) is 0 Å². The summed E-state index contributed by atoms with van der Waals surface area (Å²) >= 11 is 0. The summed E-state index contributed by atoms with van der Waals surface area (Å²) in [5, 5.41) is 12.7. The van der Waals surface area contributed by atoms with Crippen LogP contribution in [-0.4, -0.2) is 28.8 Å². The van der Waals surface area contributed by atoms with Gasteiger partial charge in [0.15, 0.2) is 0 Å². The highest BCUT2D eigenvalue weighted by Gasteiger charge is 2.40. The summed E-state index contributed by atoms with van der Waals surface area (Å²) in [6.45, 7) is 0. The van der Waals surface area contributed by atoms with E-state index >= 15 is 0 Å². The van der Waals surface area contributed by atoms with Gasteiger partial charge in [0.05, 0.1) is 5.41 Å². The van der Waals surface area contributed by atoms with Crippen LogP contribution >= 0.6 is 0 Å². The highest BCUT2D eigenvalue weighted by atomic mass is 16.4. The maximum atomic E-state index is 13.6. The Morgan fingerprint density at radius 2 is 1.32 bits per heavy atom. The van der Waals surface area contributed by atoms with Crippen molar-refractivity contribution >= 4 is 17.7 Å². The number of amides is 1. The molecule has 174 valence electrons. The zero-order valence-electron chi connectivity index (χ0n) is 19.0. The lowest BCUT2D eigenvalue weighted by atomic mass is 9.67. The molecule has 0 bridgehead atoms. The summed E-state index contributed by atoms with van der Waals surface area (Å²) < 4.78 is 0. The Balaban J connectivity index is 1.74. The molecule has 5 nitrogen and oxygen atoms in total. The van der Waals surface area contributed by atoms with Crippen molar-refractivity contribution in [3.8, 4) is 0 Å². The SMILES string of the molecule is O=C1CCC[C@H]([C@@H](NC(=O)CC(c2ccccc2)(c2ccccc2)c2ccccc2)C(=O)O)C1. The fourth-order valence-electron chi connectivity index (χ4n) is 5.16. The van der Waals surface area contributed by atoms with Gasteiger partial charge >= 0.3 is 5.97 Å². The van der Waals surface area contributed by atoms with Crippen LogP contribution in [0.3, 0.4) is 0 Å². The minimum absolute atomic E-state index is 0.0372. The average Bonchev–Trinajstić information content (AvgIpc) is 2.87. The average molecular weight is 456 g/mol. The van der Waals surface area contributed by atoms with E-state index in [0.29, 0.717) is 19.3 Å². The zero-order valence-corrected chi connectivity index (χ0v) is 19.0. The second-order valence-electron chi connectivity index (χ2n) is 8.96. The van der Waals surface area contributed by atoms with E-state index in [-0.39, 0.29) is 30.4 Å². The van der Waals surface area contributed by atoms with E-state index in [9.17, 15) is 19.5 Å². The molecule has 3 aromatic rings. The molecule has 1 aliphatic carbocycles. The van der Waals surface area contributed by atoms with Crippen LogP contribution in [0.4, 0.5) is 0 Å².